The number of pyridine rings is 2. The molecule has 0 spiro atoms. The number of fused-ring (bicyclic) bond motifs is 1. The van der Waals surface area contributed by atoms with Crippen LogP contribution in [0.4, 0.5) is 17.2 Å². The molecule has 0 bridgehead atoms. The van der Waals surface area contributed by atoms with Gasteiger partial charge in [0.15, 0.2) is 0 Å². The SMILES string of the molecule is Cc1cc(N)cnc1Nc1cccc2cnccc12. The lowest BCUT2D eigenvalue weighted by Gasteiger charge is -2.11. The molecule has 0 atom stereocenters. The Morgan fingerprint density at radius 1 is 1.16 bits per heavy atom. The normalized spacial score (nSPS) is 10.6. The van der Waals surface area contributed by atoms with Crippen LogP contribution in [0.3, 0.4) is 0 Å². The molecule has 0 aliphatic heterocycles. The van der Waals surface area contributed by atoms with Gasteiger partial charge in [0.2, 0.25) is 0 Å². The van der Waals surface area contributed by atoms with Crippen molar-refractivity contribution in [3.8, 4) is 0 Å². The maximum absolute atomic E-state index is 5.71. The van der Waals surface area contributed by atoms with Crippen LogP contribution in [0.2, 0.25) is 0 Å². The van der Waals surface area contributed by atoms with Gasteiger partial charge in [-0.05, 0) is 30.7 Å². The van der Waals surface area contributed by atoms with E-state index in [2.05, 4.69) is 15.3 Å². The molecule has 3 aromatic rings. The number of aromatic nitrogens is 2. The topological polar surface area (TPSA) is 63.8 Å². The Labute approximate surface area is 111 Å². The van der Waals surface area contributed by atoms with E-state index in [0.717, 1.165) is 27.8 Å². The number of nitrogens with zero attached hydrogens (tertiary/aromatic N) is 2. The van der Waals surface area contributed by atoms with Gasteiger partial charge in [-0.15, -0.1) is 0 Å². The second-order valence-corrected chi connectivity index (χ2v) is 4.46. The van der Waals surface area contributed by atoms with Crippen LogP contribution >= 0.6 is 0 Å². The van der Waals surface area contributed by atoms with Crippen molar-refractivity contribution in [2.24, 2.45) is 0 Å². The molecule has 94 valence electrons. The zero-order chi connectivity index (χ0) is 13.2. The van der Waals surface area contributed by atoms with Crippen molar-refractivity contribution in [3.05, 3.63) is 54.5 Å². The Hall–Kier alpha value is -2.62. The fourth-order valence-electron chi connectivity index (χ4n) is 2.09. The Morgan fingerprint density at radius 3 is 2.89 bits per heavy atom. The lowest BCUT2D eigenvalue weighted by Crippen LogP contribution is -1.98. The first-order valence-corrected chi connectivity index (χ1v) is 6.06. The van der Waals surface area contributed by atoms with Gasteiger partial charge in [0.1, 0.15) is 5.82 Å². The van der Waals surface area contributed by atoms with Gasteiger partial charge in [0.05, 0.1) is 11.9 Å². The molecule has 0 saturated heterocycles. The van der Waals surface area contributed by atoms with Gasteiger partial charge in [0.25, 0.3) is 0 Å². The van der Waals surface area contributed by atoms with Crippen molar-refractivity contribution in [3.63, 3.8) is 0 Å². The summed E-state index contributed by atoms with van der Waals surface area (Å²) in [4.78, 5) is 8.46. The van der Waals surface area contributed by atoms with Crippen LogP contribution in [0, 0.1) is 6.92 Å². The van der Waals surface area contributed by atoms with E-state index in [0.29, 0.717) is 5.69 Å². The predicted octanol–water partition coefficient (Wildman–Crippen LogP) is 3.26. The second kappa shape index (κ2) is 4.57. The van der Waals surface area contributed by atoms with Crippen LogP contribution in [0.15, 0.2) is 48.9 Å². The number of nitrogen functional groups attached to an aromatic ring is 1. The van der Waals surface area contributed by atoms with E-state index in [-0.39, 0.29) is 0 Å². The average Bonchev–Trinajstić information content (AvgIpc) is 2.42. The van der Waals surface area contributed by atoms with Crippen LogP contribution in [0.1, 0.15) is 5.56 Å². The van der Waals surface area contributed by atoms with E-state index in [1.165, 1.54) is 0 Å². The molecule has 4 nitrogen and oxygen atoms in total. The lowest BCUT2D eigenvalue weighted by molar-refractivity contribution is 1.26. The van der Waals surface area contributed by atoms with Crippen LogP contribution in [-0.4, -0.2) is 9.97 Å². The minimum atomic E-state index is 0.671. The number of aryl methyl sites for hydroxylation is 1. The summed E-state index contributed by atoms with van der Waals surface area (Å²) in [6, 6.07) is 9.96. The number of anilines is 3. The minimum Gasteiger partial charge on any atom is -0.397 e. The van der Waals surface area contributed by atoms with Crippen LogP contribution in [0.5, 0.6) is 0 Å². The van der Waals surface area contributed by atoms with Crippen LogP contribution < -0.4 is 11.1 Å². The molecule has 3 N–H and O–H groups in total. The van der Waals surface area contributed by atoms with Crippen molar-refractivity contribution in [2.75, 3.05) is 11.1 Å². The molecule has 2 heterocycles. The Bertz CT molecular complexity index is 732. The van der Waals surface area contributed by atoms with Crippen LogP contribution in [0.25, 0.3) is 10.8 Å². The van der Waals surface area contributed by atoms with E-state index >= 15 is 0 Å². The van der Waals surface area contributed by atoms with E-state index < -0.39 is 0 Å². The molecular formula is C15H14N4. The zero-order valence-corrected chi connectivity index (χ0v) is 10.6. The number of nitrogens with one attached hydrogen (secondary N) is 1. The predicted molar refractivity (Wildman–Crippen MR) is 78.4 cm³/mol. The molecular weight excluding hydrogens is 236 g/mol. The minimum absolute atomic E-state index is 0.671. The highest BCUT2D eigenvalue weighted by molar-refractivity contribution is 5.94. The third-order valence-electron chi connectivity index (χ3n) is 3.03. The van der Waals surface area contributed by atoms with Crippen molar-refractivity contribution in [2.45, 2.75) is 6.92 Å². The maximum atomic E-state index is 5.71. The third-order valence-corrected chi connectivity index (χ3v) is 3.03. The molecule has 0 unspecified atom stereocenters. The summed E-state index contributed by atoms with van der Waals surface area (Å²) < 4.78 is 0. The summed E-state index contributed by atoms with van der Waals surface area (Å²) in [6.45, 7) is 1.98. The monoisotopic (exact) mass is 250 g/mol. The second-order valence-electron chi connectivity index (χ2n) is 4.46. The average molecular weight is 250 g/mol. The summed E-state index contributed by atoms with van der Waals surface area (Å²) in [5.74, 6) is 0.818. The van der Waals surface area contributed by atoms with Gasteiger partial charge in [-0.1, -0.05) is 12.1 Å². The molecule has 0 saturated carbocycles. The van der Waals surface area contributed by atoms with Gasteiger partial charge < -0.3 is 11.1 Å². The summed E-state index contributed by atoms with van der Waals surface area (Å²) >= 11 is 0. The fraction of sp³-hybridized carbons (Fsp3) is 0.0667. The highest BCUT2D eigenvalue weighted by atomic mass is 15.0. The first kappa shape index (κ1) is 11.5. The molecule has 3 rings (SSSR count). The molecule has 19 heavy (non-hydrogen) atoms. The van der Waals surface area contributed by atoms with Gasteiger partial charge >= 0.3 is 0 Å². The first-order valence-electron chi connectivity index (χ1n) is 6.06. The Morgan fingerprint density at radius 2 is 2.05 bits per heavy atom. The summed E-state index contributed by atoms with van der Waals surface area (Å²) in [6.07, 6.45) is 5.29. The first-order chi connectivity index (χ1) is 9.24. The van der Waals surface area contributed by atoms with E-state index in [9.17, 15) is 0 Å². The number of rotatable bonds is 2. The van der Waals surface area contributed by atoms with Crippen molar-refractivity contribution < 1.29 is 0 Å². The highest BCUT2D eigenvalue weighted by Gasteiger charge is 2.04. The standard InChI is InChI=1S/C15H14N4/c1-10-7-12(16)9-18-15(10)19-14-4-2-3-11-8-17-6-5-13(11)14/h2-9H,16H2,1H3,(H,18,19). The molecule has 0 aliphatic rings. The molecule has 0 aliphatic carbocycles. The van der Waals surface area contributed by atoms with E-state index in [1.54, 1.807) is 12.4 Å². The number of benzene rings is 1. The van der Waals surface area contributed by atoms with Crippen LogP contribution in [-0.2, 0) is 0 Å². The molecule has 4 heteroatoms. The van der Waals surface area contributed by atoms with Crippen molar-refractivity contribution in [1.29, 1.82) is 0 Å². The quantitative estimate of drug-likeness (QED) is 0.732. The number of nitrogens with two attached hydrogens (primary N) is 1. The largest absolute Gasteiger partial charge is 0.397 e. The highest BCUT2D eigenvalue weighted by Crippen LogP contribution is 2.26. The van der Waals surface area contributed by atoms with Gasteiger partial charge in [-0.3, -0.25) is 4.98 Å². The maximum Gasteiger partial charge on any atom is 0.133 e. The summed E-state index contributed by atoms with van der Waals surface area (Å²) in [7, 11) is 0. The Balaban J connectivity index is 2.06. The van der Waals surface area contributed by atoms with Crippen molar-refractivity contribution >= 4 is 28.0 Å². The zero-order valence-electron chi connectivity index (χ0n) is 10.6. The molecule has 0 amide bonds. The van der Waals surface area contributed by atoms with Gasteiger partial charge in [-0.2, -0.15) is 0 Å². The number of hydrogen-bond donors (Lipinski definition) is 2. The van der Waals surface area contributed by atoms with Crippen molar-refractivity contribution in [1.82, 2.24) is 9.97 Å². The third kappa shape index (κ3) is 2.20. The number of hydrogen-bond acceptors (Lipinski definition) is 4. The van der Waals surface area contributed by atoms with Gasteiger partial charge in [-0.25, -0.2) is 4.98 Å². The van der Waals surface area contributed by atoms with Gasteiger partial charge in [0, 0.05) is 28.9 Å². The molecule has 0 fully saturated rings. The van der Waals surface area contributed by atoms with E-state index in [4.69, 9.17) is 5.73 Å². The summed E-state index contributed by atoms with van der Waals surface area (Å²) in [5.41, 5.74) is 8.42. The molecule has 2 aromatic heterocycles. The molecule has 0 radical (unpaired) electrons. The summed E-state index contributed by atoms with van der Waals surface area (Å²) in [5, 5.41) is 5.57. The fourth-order valence-corrected chi connectivity index (χ4v) is 2.09. The smallest absolute Gasteiger partial charge is 0.133 e. The van der Waals surface area contributed by atoms with E-state index in [1.807, 2.05) is 43.5 Å². The molecule has 1 aromatic carbocycles. The lowest BCUT2D eigenvalue weighted by atomic mass is 10.1. The Kier molecular flexibility index (Phi) is 2.76.